The van der Waals surface area contributed by atoms with Crippen molar-refractivity contribution in [1.82, 2.24) is 15.2 Å². The van der Waals surface area contributed by atoms with E-state index in [1.165, 1.54) is 11.3 Å². The van der Waals surface area contributed by atoms with Gasteiger partial charge in [0.15, 0.2) is 0 Å². The van der Waals surface area contributed by atoms with Crippen LogP contribution >= 0.6 is 11.3 Å². The Morgan fingerprint density at radius 2 is 1.71 bits per heavy atom. The fourth-order valence-electron chi connectivity index (χ4n) is 3.21. The van der Waals surface area contributed by atoms with Crippen LogP contribution in [-0.2, 0) is 4.79 Å². The topological polar surface area (TPSA) is 90.1 Å². The van der Waals surface area contributed by atoms with Crippen molar-refractivity contribution in [3.63, 3.8) is 0 Å². The predicted molar refractivity (Wildman–Crippen MR) is 104 cm³/mol. The molecule has 3 heterocycles. The molecule has 0 atom stereocenters. The van der Waals surface area contributed by atoms with Crippen molar-refractivity contribution in [3.05, 3.63) is 70.0 Å². The normalized spacial score (nSPS) is 12.8. The number of nitrogens with zero attached hydrogens (tertiary/aromatic N) is 3. The zero-order valence-corrected chi connectivity index (χ0v) is 15.6. The molecule has 8 heteroatoms. The summed E-state index contributed by atoms with van der Waals surface area (Å²) < 4.78 is 11.5. The number of thiazole rings is 1. The van der Waals surface area contributed by atoms with E-state index in [0.29, 0.717) is 17.2 Å². The van der Waals surface area contributed by atoms with Crippen molar-refractivity contribution in [2.24, 2.45) is 0 Å². The zero-order chi connectivity index (χ0) is 19.1. The first-order valence-electron chi connectivity index (χ1n) is 8.61. The van der Waals surface area contributed by atoms with Crippen LogP contribution in [0.15, 0.2) is 58.3 Å². The van der Waals surface area contributed by atoms with Gasteiger partial charge in [-0.25, -0.2) is 4.98 Å². The van der Waals surface area contributed by atoms with Crippen LogP contribution in [0.2, 0.25) is 0 Å². The number of carbonyl (C=O) groups is 1. The van der Waals surface area contributed by atoms with Gasteiger partial charge in [-0.2, -0.15) is 0 Å². The summed E-state index contributed by atoms with van der Waals surface area (Å²) in [5.74, 6) is 0.773. The molecule has 1 aliphatic heterocycles. The van der Waals surface area contributed by atoms with E-state index in [-0.39, 0.29) is 17.8 Å². The van der Waals surface area contributed by atoms with Crippen LogP contribution in [-0.4, -0.2) is 21.1 Å². The maximum atomic E-state index is 13.1. The van der Waals surface area contributed by atoms with E-state index in [9.17, 15) is 4.79 Å². The van der Waals surface area contributed by atoms with Crippen molar-refractivity contribution in [2.75, 3.05) is 5.32 Å². The van der Waals surface area contributed by atoms with Crippen molar-refractivity contribution < 1.29 is 13.9 Å². The molecule has 0 radical (unpaired) electrons. The highest BCUT2D eigenvalue weighted by atomic mass is 32.1. The van der Waals surface area contributed by atoms with Gasteiger partial charge in [-0.1, -0.05) is 41.5 Å². The van der Waals surface area contributed by atoms with Crippen LogP contribution in [0.1, 0.15) is 22.1 Å². The molecule has 1 amide bonds. The molecular formula is C20H14N4O3S. The number of anilines is 1. The third kappa shape index (κ3) is 2.84. The van der Waals surface area contributed by atoms with Crippen molar-refractivity contribution in [3.8, 4) is 23.1 Å². The van der Waals surface area contributed by atoms with Gasteiger partial charge >= 0.3 is 6.01 Å². The molecule has 0 unspecified atom stereocenters. The van der Waals surface area contributed by atoms with Gasteiger partial charge in [0.2, 0.25) is 5.91 Å². The lowest BCUT2D eigenvalue weighted by Gasteiger charge is -2.26. The minimum absolute atomic E-state index is 0.0344. The molecule has 5 rings (SSSR count). The van der Waals surface area contributed by atoms with E-state index in [4.69, 9.17) is 9.15 Å². The average Bonchev–Trinajstić information content (AvgIpc) is 3.34. The number of ether oxygens (including phenoxy) is 1. The first-order valence-corrected chi connectivity index (χ1v) is 9.49. The standard InChI is InChI=1S/C20H14N4O3S/c1-11-21-14(10-28-11)19-23-24-20(27-19)22-18(25)17-12-6-2-4-8-15(12)26-16-9-5-3-7-13(16)17/h2-10,17H,1H3,(H,22,24,25). The van der Waals surface area contributed by atoms with Crippen molar-refractivity contribution in [1.29, 1.82) is 0 Å². The molecule has 0 aliphatic carbocycles. The largest absolute Gasteiger partial charge is 0.457 e. The summed E-state index contributed by atoms with van der Waals surface area (Å²) in [6.07, 6.45) is 0. The third-order valence-corrected chi connectivity index (χ3v) is 5.21. The summed E-state index contributed by atoms with van der Waals surface area (Å²) in [6, 6.07) is 15.0. The molecule has 0 saturated heterocycles. The molecule has 2 aromatic heterocycles. The highest BCUT2D eigenvalue weighted by Crippen LogP contribution is 2.44. The molecule has 1 aliphatic rings. The van der Waals surface area contributed by atoms with Gasteiger partial charge in [-0.05, 0) is 19.1 Å². The van der Waals surface area contributed by atoms with E-state index in [1.807, 2.05) is 60.8 Å². The summed E-state index contributed by atoms with van der Waals surface area (Å²) in [5.41, 5.74) is 2.17. The zero-order valence-electron chi connectivity index (χ0n) is 14.7. The van der Waals surface area contributed by atoms with Crippen LogP contribution in [0, 0.1) is 6.92 Å². The summed E-state index contributed by atoms with van der Waals surface area (Å²) >= 11 is 1.49. The molecule has 1 N–H and O–H groups in total. The molecule has 4 aromatic rings. The third-order valence-electron chi connectivity index (χ3n) is 4.44. The van der Waals surface area contributed by atoms with E-state index in [1.54, 1.807) is 0 Å². The maximum Gasteiger partial charge on any atom is 0.322 e. The number of amides is 1. The fourth-order valence-corrected chi connectivity index (χ4v) is 3.80. The molecule has 7 nitrogen and oxygen atoms in total. The summed E-state index contributed by atoms with van der Waals surface area (Å²) in [6.45, 7) is 1.90. The number of aryl methyl sites for hydroxylation is 1. The second kappa shape index (κ2) is 6.58. The molecule has 0 spiro atoms. The quantitative estimate of drug-likeness (QED) is 0.558. The van der Waals surface area contributed by atoms with Crippen LogP contribution in [0.25, 0.3) is 11.6 Å². The van der Waals surface area contributed by atoms with Gasteiger partial charge in [0, 0.05) is 16.5 Å². The average molecular weight is 390 g/mol. The number of hydrogen-bond acceptors (Lipinski definition) is 7. The van der Waals surface area contributed by atoms with Gasteiger partial charge in [0.05, 0.1) is 10.9 Å². The number of carbonyl (C=O) groups excluding carboxylic acids is 1. The van der Waals surface area contributed by atoms with E-state index in [0.717, 1.165) is 16.1 Å². The highest BCUT2D eigenvalue weighted by Gasteiger charge is 2.33. The lowest BCUT2D eigenvalue weighted by Crippen LogP contribution is -2.25. The first kappa shape index (κ1) is 16.6. The van der Waals surface area contributed by atoms with E-state index < -0.39 is 5.92 Å². The molecule has 0 fully saturated rings. The number of fused-ring (bicyclic) bond motifs is 2. The van der Waals surface area contributed by atoms with Crippen LogP contribution in [0.4, 0.5) is 6.01 Å². The molecule has 28 heavy (non-hydrogen) atoms. The highest BCUT2D eigenvalue weighted by molar-refractivity contribution is 7.09. The van der Waals surface area contributed by atoms with Gasteiger partial charge in [-0.3, -0.25) is 10.1 Å². The Kier molecular flexibility index (Phi) is 3.91. The van der Waals surface area contributed by atoms with E-state index in [2.05, 4.69) is 20.5 Å². The SMILES string of the molecule is Cc1nc(-c2nnc(NC(=O)C3c4ccccc4Oc4ccccc43)o2)cs1. The monoisotopic (exact) mass is 390 g/mol. The Labute approximate surface area is 164 Å². The molecular weight excluding hydrogens is 376 g/mol. The Morgan fingerprint density at radius 1 is 1.04 bits per heavy atom. The molecule has 0 saturated carbocycles. The van der Waals surface area contributed by atoms with Crippen LogP contribution in [0.5, 0.6) is 11.5 Å². The number of aromatic nitrogens is 3. The van der Waals surface area contributed by atoms with Gasteiger partial charge in [0.25, 0.3) is 5.89 Å². The predicted octanol–water partition coefficient (Wildman–Crippen LogP) is 4.38. The Balaban J connectivity index is 1.47. The number of rotatable bonds is 3. The lowest BCUT2D eigenvalue weighted by atomic mass is 9.87. The second-order valence-electron chi connectivity index (χ2n) is 6.26. The van der Waals surface area contributed by atoms with Crippen molar-refractivity contribution in [2.45, 2.75) is 12.8 Å². The number of hydrogen-bond donors (Lipinski definition) is 1. The van der Waals surface area contributed by atoms with Crippen molar-refractivity contribution >= 4 is 23.3 Å². The number of para-hydroxylation sites is 2. The summed E-state index contributed by atoms with van der Waals surface area (Å²) in [5, 5.41) is 13.4. The minimum Gasteiger partial charge on any atom is -0.457 e. The molecule has 2 aromatic carbocycles. The summed E-state index contributed by atoms with van der Waals surface area (Å²) in [4.78, 5) is 17.5. The van der Waals surface area contributed by atoms with Crippen LogP contribution < -0.4 is 10.1 Å². The second-order valence-corrected chi connectivity index (χ2v) is 7.33. The smallest absolute Gasteiger partial charge is 0.322 e. The first-order chi connectivity index (χ1) is 13.7. The Morgan fingerprint density at radius 3 is 2.36 bits per heavy atom. The Hall–Kier alpha value is -3.52. The Bertz CT molecular complexity index is 1140. The maximum absolute atomic E-state index is 13.1. The molecule has 138 valence electrons. The van der Waals surface area contributed by atoms with E-state index >= 15 is 0 Å². The van der Waals surface area contributed by atoms with Gasteiger partial charge in [-0.15, -0.1) is 16.4 Å². The van der Waals surface area contributed by atoms with Gasteiger partial charge in [0.1, 0.15) is 17.2 Å². The number of benzene rings is 2. The lowest BCUT2D eigenvalue weighted by molar-refractivity contribution is -0.117. The summed E-state index contributed by atoms with van der Waals surface area (Å²) in [7, 11) is 0. The minimum atomic E-state index is -0.544. The molecule has 0 bridgehead atoms. The van der Waals surface area contributed by atoms with Gasteiger partial charge < -0.3 is 9.15 Å². The fraction of sp³-hybridized carbons (Fsp3) is 0.100. The number of nitrogens with one attached hydrogen (secondary N) is 1. The van der Waals surface area contributed by atoms with Crippen LogP contribution in [0.3, 0.4) is 0 Å².